The van der Waals surface area contributed by atoms with Crippen LogP contribution in [0.5, 0.6) is 0 Å². The molecule has 0 radical (unpaired) electrons. The van der Waals surface area contributed by atoms with Gasteiger partial charge in [0.05, 0.1) is 6.61 Å². The number of aromatic nitrogens is 2. The fourth-order valence-electron chi connectivity index (χ4n) is 2.32. The molecule has 0 aliphatic rings. The Labute approximate surface area is 155 Å². The van der Waals surface area contributed by atoms with Gasteiger partial charge in [-0.1, -0.05) is 55.4 Å². The van der Waals surface area contributed by atoms with Crippen LogP contribution in [0.4, 0.5) is 0 Å². The molecular weight excluding hydrogens is 352 g/mol. The van der Waals surface area contributed by atoms with Gasteiger partial charge in [-0.05, 0) is 25.0 Å². The summed E-state index contributed by atoms with van der Waals surface area (Å²) in [6, 6.07) is 12.3. The molecule has 1 aromatic carbocycles. The number of hydrogen-bond acceptors (Lipinski definition) is 6. The maximum absolute atomic E-state index is 12.1. The van der Waals surface area contributed by atoms with Crippen LogP contribution in [0.1, 0.15) is 26.7 Å². The van der Waals surface area contributed by atoms with Gasteiger partial charge in [-0.15, -0.1) is 11.3 Å². The summed E-state index contributed by atoms with van der Waals surface area (Å²) in [5.41, 5.74) is 1.16. The molecule has 25 heavy (non-hydrogen) atoms. The van der Waals surface area contributed by atoms with E-state index in [-0.39, 0.29) is 11.2 Å². The number of carbonyl (C=O) groups excluding carboxylic acids is 1. The van der Waals surface area contributed by atoms with Gasteiger partial charge in [0.15, 0.2) is 0 Å². The molecule has 130 valence electrons. The zero-order valence-electron chi connectivity index (χ0n) is 14.3. The summed E-state index contributed by atoms with van der Waals surface area (Å²) in [5.74, 6) is -0.191. The Bertz CT molecular complexity index is 849. The Balaban J connectivity index is 1.80. The molecular formula is C19H20N2O2S2. The molecule has 0 saturated carbocycles. The van der Waals surface area contributed by atoms with Crippen molar-refractivity contribution < 1.29 is 9.53 Å². The number of thioether (sulfide) groups is 1. The van der Waals surface area contributed by atoms with E-state index in [0.717, 1.165) is 38.5 Å². The second-order valence-electron chi connectivity index (χ2n) is 5.66. The summed E-state index contributed by atoms with van der Waals surface area (Å²) in [4.78, 5) is 22.9. The SMILES string of the molecule is CCCCOC(=O)[C@@H](C)Sc1ncnc2sc(-c3ccccc3)cc12. The Hall–Kier alpha value is -1.92. The highest BCUT2D eigenvalue weighted by Crippen LogP contribution is 2.37. The molecule has 4 nitrogen and oxygen atoms in total. The van der Waals surface area contributed by atoms with Crippen molar-refractivity contribution in [1.82, 2.24) is 9.97 Å². The summed E-state index contributed by atoms with van der Waals surface area (Å²) in [6.07, 6.45) is 3.47. The molecule has 3 aromatic rings. The first-order valence-corrected chi connectivity index (χ1v) is 10.0. The predicted octanol–water partition coefficient (Wildman–Crippen LogP) is 5.18. The number of unbranched alkanes of at least 4 members (excludes halogenated alkanes) is 1. The van der Waals surface area contributed by atoms with Crippen LogP contribution < -0.4 is 0 Å². The molecule has 2 aromatic heterocycles. The van der Waals surface area contributed by atoms with Crippen LogP contribution in [-0.4, -0.2) is 27.8 Å². The first-order valence-electron chi connectivity index (χ1n) is 8.32. The van der Waals surface area contributed by atoms with Crippen LogP contribution in [0.25, 0.3) is 20.7 Å². The van der Waals surface area contributed by atoms with E-state index in [1.165, 1.54) is 11.8 Å². The third kappa shape index (κ3) is 4.38. The number of nitrogens with zero attached hydrogens (tertiary/aromatic N) is 2. The van der Waals surface area contributed by atoms with Crippen molar-refractivity contribution in [2.24, 2.45) is 0 Å². The molecule has 6 heteroatoms. The number of hydrogen-bond donors (Lipinski definition) is 0. The predicted molar refractivity (Wildman–Crippen MR) is 104 cm³/mol. The average molecular weight is 373 g/mol. The summed E-state index contributed by atoms with van der Waals surface area (Å²) < 4.78 is 5.30. The van der Waals surface area contributed by atoms with Crippen LogP contribution >= 0.6 is 23.1 Å². The van der Waals surface area contributed by atoms with E-state index in [0.29, 0.717) is 6.61 Å². The van der Waals surface area contributed by atoms with Gasteiger partial charge < -0.3 is 4.74 Å². The Kier molecular flexibility index (Phi) is 6.04. The zero-order valence-corrected chi connectivity index (χ0v) is 15.9. The van der Waals surface area contributed by atoms with Gasteiger partial charge in [-0.25, -0.2) is 9.97 Å². The average Bonchev–Trinajstić information content (AvgIpc) is 3.08. The molecule has 2 heterocycles. The fourth-order valence-corrected chi connectivity index (χ4v) is 4.28. The number of carbonyl (C=O) groups is 1. The van der Waals surface area contributed by atoms with Crippen LogP contribution in [0.3, 0.4) is 0 Å². The third-order valence-corrected chi connectivity index (χ3v) is 5.90. The summed E-state index contributed by atoms with van der Waals surface area (Å²) >= 11 is 3.06. The minimum absolute atomic E-state index is 0.191. The van der Waals surface area contributed by atoms with E-state index in [2.05, 4.69) is 35.1 Å². The molecule has 0 aliphatic heterocycles. The maximum atomic E-state index is 12.1. The Morgan fingerprint density at radius 3 is 2.84 bits per heavy atom. The lowest BCUT2D eigenvalue weighted by molar-refractivity contribution is -0.142. The third-order valence-electron chi connectivity index (χ3n) is 3.71. The van der Waals surface area contributed by atoms with Crippen molar-refractivity contribution in [2.75, 3.05) is 6.61 Å². The summed E-state index contributed by atoms with van der Waals surface area (Å²) in [5, 5.41) is 1.52. The van der Waals surface area contributed by atoms with Gasteiger partial charge in [0, 0.05) is 10.3 Å². The molecule has 1 atom stereocenters. The van der Waals surface area contributed by atoms with Crippen molar-refractivity contribution >= 4 is 39.3 Å². The highest BCUT2D eigenvalue weighted by Gasteiger charge is 2.19. The van der Waals surface area contributed by atoms with E-state index in [1.54, 1.807) is 17.7 Å². The Morgan fingerprint density at radius 1 is 1.28 bits per heavy atom. The number of esters is 1. The minimum Gasteiger partial charge on any atom is -0.465 e. The van der Waals surface area contributed by atoms with Gasteiger partial charge in [-0.2, -0.15) is 0 Å². The van der Waals surface area contributed by atoms with Crippen molar-refractivity contribution in [3.05, 3.63) is 42.7 Å². The number of rotatable bonds is 7. The molecule has 0 saturated heterocycles. The second-order valence-corrected chi connectivity index (χ2v) is 8.02. The number of ether oxygens (including phenoxy) is 1. The van der Waals surface area contributed by atoms with Gasteiger partial charge in [0.1, 0.15) is 21.4 Å². The highest BCUT2D eigenvalue weighted by atomic mass is 32.2. The largest absolute Gasteiger partial charge is 0.465 e. The first kappa shape index (κ1) is 17.9. The molecule has 3 rings (SSSR count). The molecule has 0 N–H and O–H groups in total. The van der Waals surface area contributed by atoms with Crippen LogP contribution in [-0.2, 0) is 9.53 Å². The maximum Gasteiger partial charge on any atom is 0.319 e. The topological polar surface area (TPSA) is 52.1 Å². The first-order chi connectivity index (χ1) is 12.2. The summed E-state index contributed by atoms with van der Waals surface area (Å²) in [6.45, 7) is 4.41. The second kappa shape index (κ2) is 8.45. The van der Waals surface area contributed by atoms with Gasteiger partial charge >= 0.3 is 5.97 Å². The Morgan fingerprint density at radius 2 is 2.08 bits per heavy atom. The van der Waals surface area contributed by atoms with Gasteiger partial charge in [0.25, 0.3) is 0 Å². The molecule has 0 unspecified atom stereocenters. The smallest absolute Gasteiger partial charge is 0.319 e. The lowest BCUT2D eigenvalue weighted by atomic mass is 10.2. The number of benzene rings is 1. The summed E-state index contributed by atoms with van der Waals surface area (Å²) in [7, 11) is 0. The van der Waals surface area contributed by atoms with E-state index < -0.39 is 0 Å². The van der Waals surface area contributed by atoms with E-state index >= 15 is 0 Å². The van der Waals surface area contributed by atoms with Crippen LogP contribution in [0.15, 0.2) is 47.8 Å². The molecule has 0 fully saturated rings. The van der Waals surface area contributed by atoms with E-state index in [4.69, 9.17) is 4.74 Å². The minimum atomic E-state index is -0.296. The van der Waals surface area contributed by atoms with E-state index in [1.807, 2.05) is 25.1 Å². The molecule has 0 spiro atoms. The van der Waals surface area contributed by atoms with Crippen LogP contribution in [0.2, 0.25) is 0 Å². The quantitative estimate of drug-likeness (QED) is 0.247. The normalized spacial score (nSPS) is 12.2. The lowest BCUT2D eigenvalue weighted by Crippen LogP contribution is -2.17. The van der Waals surface area contributed by atoms with Crippen molar-refractivity contribution in [1.29, 1.82) is 0 Å². The molecule has 0 amide bonds. The standard InChI is InChI=1S/C19H20N2O2S2/c1-3-4-10-23-19(22)13(2)24-17-15-11-16(14-8-6-5-7-9-14)25-18(15)21-12-20-17/h5-9,11-13H,3-4,10H2,1-2H3/t13-/m1/s1. The lowest BCUT2D eigenvalue weighted by Gasteiger charge is -2.10. The molecule has 0 aliphatic carbocycles. The fraction of sp³-hybridized carbons (Fsp3) is 0.316. The van der Waals surface area contributed by atoms with E-state index in [9.17, 15) is 4.79 Å². The van der Waals surface area contributed by atoms with Crippen molar-refractivity contribution in [3.8, 4) is 10.4 Å². The molecule has 0 bridgehead atoms. The van der Waals surface area contributed by atoms with Crippen molar-refractivity contribution in [3.63, 3.8) is 0 Å². The van der Waals surface area contributed by atoms with Gasteiger partial charge in [-0.3, -0.25) is 4.79 Å². The number of thiophene rings is 1. The number of fused-ring (bicyclic) bond motifs is 1. The van der Waals surface area contributed by atoms with Gasteiger partial charge in [0.2, 0.25) is 0 Å². The van der Waals surface area contributed by atoms with Crippen molar-refractivity contribution in [2.45, 2.75) is 37.0 Å². The highest BCUT2D eigenvalue weighted by molar-refractivity contribution is 8.00. The monoisotopic (exact) mass is 372 g/mol. The van der Waals surface area contributed by atoms with Crippen LogP contribution in [0, 0.1) is 0 Å². The zero-order chi connectivity index (χ0) is 17.6.